The van der Waals surface area contributed by atoms with E-state index in [1.807, 2.05) is 0 Å². The number of hydrogen-bond acceptors (Lipinski definition) is 1. The van der Waals surface area contributed by atoms with Gasteiger partial charge in [0, 0.05) is 6.04 Å². The van der Waals surface area contributed by atoms with Crippen LogP contribution in [-0.2, 0) is 6.42 Å². The van der Waals surface area contributed by atoms with Crippen molar-refractivity contribution in [1.82, 2.24) is 5.32 Å². The molecule has 1 heteroatoms. The van der Waals surface area contributed by atoms with E-state index in [0.29, 0.717) is 6.04 Å². The average Bonchev–Trinajstić information content (AvgIpc) is 2.53. The molecule has 0 aliphatic heterocycles. The minimum Gasteiger partial charge on any atom is -0.314 e. The van der Waals surface area contributed by atoms with E-state index in [2.05, 4.69) is 50.4 Å². The van der Waals surface area contributed by atoms with E-state index in [1.54, 1.807) is 0 Å². The Morgan fingerprint density at radius 1 is 1.19 bits per heavy atom. The van der Waals surface area contributed by atoms with Gasteiger partial charge >= 0.3 is 0 Å². The highest BCUT2D eigenvalue weighted by Crippen LogP contribution is 2.34. The monoisotopic (exact) mass is 287 g/mol. The molecule has 1 saturated carbocycles. The average molecular weight is 287 g/mol. The summed E-state index contributed by atoms with van der Waals surface area (Å²) in [4.78, 5) is 0. The predicted molar refractivity (Wildman–Crippen MR) is 92.7 cm³/mol. The van der Waals surface area contributed by atoms with Crippen LogP contribution in [0.3, 0.4) is 0 Å². The van der Waals surface area contributed by atoms with Gasteiger partial charge in [-0.15, -0.1) is 0 Å². The third kappa shape index (κ3) is 4.85. The first-order valence-electron chi connectivity index (χ1n) is 9.02. The largest absolute Gasteiger partial charge is 0.314 e. The first-order chi connectivity index (χ1) is 10.2. The Hall–Kier alpha value is -0.820. The van der Waals surface area contributed by atoms with Crippen molar-refractivity contribution in [2.24, 2.45) is 11.8 Å². The fraction of sp³-hybridized carbons (Fsp3) is 0.700. The van der Waals surface area contributed by atoms with Crippen molar-refractivity contribution in [2.75, 3.05) is 6.54 Å². The van der Waals surface area contributed by atoms with Gasteiger partial charge in [0.1, 0.15) is 0 Å². The second-order valence-corrected chi connectivity index (χ2v) is 6.83. The second kappa shape index (κ2) is 8.58. The topological polar surface area (TPSA) is 12.0 Å². The quantitative estimate of drug-likeness (QED) is 0.733. The maximum Gasteiger partial charge on any atom is 0.00984 e. The highest BCUT2D eigenvalue weighted by atomic mass is 14.9. The van der Waals surface area contributed by atoms with Crippen LogP contribution >= 0.6 is 0 Å². The highest BCUT2D eigenvalue weighted by molar-refractivity contribution is 5.25. The van der Waals surface area contributed by atoms with E-state index in [-0.39, 0.29) is 0 Å². The van der Waals surface area contributed by atoms with Crippen molar-refractivity contribution in [3.05, 3.63) is 35.4 Å². The van der Waals surface area contributed by atoms with Crippen LogP contribution in [0.2, 0.25) is 0 Å². The summed E-state index contributed by atoms with van der Waals surface area (Å²) in [5, 5.41) is 3.79. The zero-order chi connectivity index (χ0) is 15.1. The van der Waals surface area contributed by atoms with Crippen LogP contribution < -0.4 is 5.32 Å². The van der Waals surface area contributed by atoms with Crippen molar-refractivity contribution in [3.8, 4) is 0 Å². The van der Waals surface area contributed by atoms with Crippen LogP contribution in [0.1, 0.15) is 63.5 Å². The standard InChI is InChI=1S/C20H33N/c1-4-17-10-8-12-19(15-17)20(21-5-2)14-13-18-11-7-6-9-16(18)3/h6-7,9,11,17,19-21H,4-5,8,10,12-15H2,1-3H3. The summed E-state index contributed by atoms with van der Waals surface area (Å²) in [6, 6.07) is 9.58. The summed E-state index contributed by atoms with van der Waals surface area (Å²) in [5.41, 5.74) is 2.98. The van der Waals surface area contributed by atoms with Gasteiger partial charge < -0.3 is 5.32 Å². The van der Waals surface area contributed by atoms with Crippen LogP contribution in [0.15, 0.2) is 24.3 Å². The smallest absolute Gasteiger partial charge is 0.00984 e. The molecule has 0 saturated heterocycles. The molecule has 1 fully saturated rings. The van der Waals surface area contributed by atoms with Gasteiger partial charge in [-0.1, -0.05) is 57.4 Å². The van der Waals surface area contributed by atoms with Gasteiger partial charge in [-0.3, -0.25) is 0 Å². The summed E-state index contributed by atoms with van der Waals surface area (Å²) in [5.74, 6) is 1.87. The van der Waals surface area contributed by atoms with Crippen molar-refractivity contribution >= 4 is 0 Å². The Labute approximate surface area is 131 Å². The van der Waals surface area contributed by atoms with E-state index < -0.39 is 0 Å². The van der Waals surface area contributed by atoms with Crippen LogP contribution in [0.5, 0.6) is 0 Å². The van der Waals surface area contributed by atoms with Crippen molar-refractivity contribution in [3.63, 3.8) is 0 Å². The van der Waals surface area contributed by atoms with E-state index in [0.717, 1.165) is 18.4 Å². The molecule has 2 rings (SSSR count). The normalized spacial score (nSPS) is 24.0. The number of benzene rings is 1. The first-order valence-corrected chi connectivity index (χ1v) is 9.02. The lowest BCUT2D eigenvalue weighted by Crippen LogP contribution is -2.39. The lowest BCUT2D eigenvalue weighted by molar-refractivity contribution is 0.203. The third-order valence-electron chi connectivity index (χ3n) is 5.42. The van der Waals surface area contributed by atoms with Gasteiger partial charge in [-0.2, -0.15) is 0 Å². The summed E-state index contributed by atoms with van der Waals surface area (Å²) in [7, 11) is 0. The maximum atomic E-state index is 3.79. The molecular weight excluding hydrogens is 254 g/mol. The number of aryl methyl sites for hydroxylation is 2. The first kappa shape index (κ1) is 16.5. The van der Waals surface area contributed by atoms with E-state index in [1.165, 1.54) is 56.1 Å². The Morgan fingerprint density at radius 2 is 2.00 bits per heavy atom. The fourth-order valence-corrected chi connectivity index (χ4v) is 4.04. The molecule has 0 aromatic heterocycles. The zero-order valence-corrected chi connectivity index (χ0v) is 14.2. The van der Waals surface area contributed by atoms with Gasteiger partial charge in [0.25, 0.3) is 0 Å². The lowest BCUT2D eigenvalue weighted by Gasteiger charge is -2.35. The molecule has 0 bridgehead atoms. The molecule has 1 aromatic carbocycles. The van der Waals surface area contributed by atoms with Gasteiger partial charge in [0.2, 0.25) is 0 Å². The lowest BCUT2D eigenvalue weighted by atomic mass is 9.75. The van der Waals surface area contributed by atoms with Crippen LogP contribution in [0.25, 0.3) is 0 Å². The molecular formula is C20H33N. The molecule has 0 radical (unpaired) electrons. The van der Waals surface area contributed by atoms with Gasteiger partial charge in [-0.25, -0.2) is 0 Å². The highest BCUT2D eigenvalue weighted by Gasteiger charge is 2.27. The van der Waals surface area contributed by atoms with Gasteiger partial charge in [0.05, 0.1) is 0 Å². The molecule has 0 heterocycles. The van der Waals surface area contributed by atoms with Gasteiger partial charge in [0.15, 0.2) is 0 Å². The maximum absolute atomic E-state index is 3.79. The molecule has 21 heavy (non-hydrogen) atoms. The van der Waals surface area contributed by atoms with Crippen LogP contribution in [0.4, 0.5) is 0 Å². The Kier molecular flexibility index (Phi) is 6.76. The number of hydrogen-bond donors (Lipinski definition) is 1. The summed E-state index contributed by atoms with van der Waals surface area (Å²) < 4.78 is 0. The SMILES string of the molecule is CCNC(CCc1ccccc1C)C1CCCC(CC)C1. The van der Waals surface area contributed by atoms with Crippen molar-refractivity contribution in [2.45, 2.75) is 71.8 Å². The summed E-state index contributed by atoms with van der Waals surface area (Å²) >= 11 is 0. The molecule has 1 N–H and O–H groups in total. The number of rotatable bonds is 7. The Balaban J connectivity index is 1.94. The summed E-state index contributed by atoms with van der Waals surface area (Å²) in [6.45, 7) is 7.96. The second-order valence-electron chi connectivity index (χ2n) is 6.83. The van der Waals surface area contributed by atoms with Crippen molar-refractivity contribution in [1.29, 1.82) is 0 Å². The molecule has 1 aromatic rings. The van der Waals surface area contributed by atoms with E-state index in [9.17, 15) is 0 Å². The molecule has 1 nitrogen and oxygen atoms in total. The minimum atomic E-state index is 0.712. The molecule has 3 unspecified atom stereocenters. The Bertz CT molecular complexity index is 412. The van der Waals surface area contributed by atoms with Crippen LogP contribution in [-0.4, -0.2) is 12.6 Å². The molecule has 0 amide bonds. The predicted octanol–water partition coefficient (Wildman–Crippen LogP) is 5.12. The third-order valence-corrected chi connectivity index (χ3v) is 5.42. The molecule has 1 aliphatic carbocycles. The summed E-state index contributed by atoms with van der Waals surface area (Å²) in [6.07, 6.45) is 9.66. The molecule has 1 aliphatic rings. The van der Waals surface area contributed by atoms with E-state index >= 15 is 0 Å². The Morgan fingerprint density at radius 3 is 2.71 bits per heavy atom. The van der Waals surface area contributed by atoms with Gasteiger partial charge in [-0.05, 0) is 62.1 Å². The zero-order valence-electron chi connectivity index (χ0n) is 14.2. The molecule has 118 valence electrons. The van der Waals surface area contributed by atoms with Crippen LogP contribution in [0, 0.1) is 18.8 Å². The fourth-order valence-electron chi connectivity index (χ4n) is 4.04. The minimum absolute atomic E-state index is 0.712. The number of nitrogens with one attached hydrogen (secondary N) is 1. The molecule has 3 atom stereocenters. The van der Waals surface area contributed by atoms with E-state index in [4.69, 9.17) is 0 Å². The molecule has 0 spiro atoms. The van der Waals surface area contributed by atoms with Crippen molar-refractivity contribution < 1.29 is 0 Å².